The molecule has 0 bridgehead atoms. The molecule has 1 atom stereocenters. The highest BCUT2D eigenvalue weighted by atomic mass is 32.2. The zero-order valence-electron chi connectivity index (χ0n) is 13.8. The van der Waals surface area contributed by atoms with Crippen molar-refractivity contribution in [1.29, 1.82) is 0 Å². The molecule has 0 spiro atoms. The van der Waals surface area contributed by atoms with E-state index in [0.29, 0.717) is 11.2 Å². The highest BCUT2D eigenvalue weighted by Gasteiger charge is 2.27. The van der Waals surface area contributed by atoms with E-state index in [9.17, 15) is 4.79 Å². The summed E-state index contributed by atoms with van der Waals surface area (Å²) in [5.74, 6) is 7.81. The Morgan fingerprint density at radius 3 is 2.74 bits per heavy atom. The molecule has 1 amide bonds. The Morgan fingerprint density at radius 2 is 2.04 bits per heavy atom. The van der Waals surface area contributed by atoms with Gasteiger partial charge >= 0.3 is 0 Å². The SMILES string of the molecule is C[C@H](Sc1nnc(CCC2CCCCC2)n1N)C(=O)NC1CC1. The van der Waals surface area contributed by atoms with Crippen LogP contribution in [0.3, 0.4) is 0 Å². The Balaban J connectivity index is 1.50. The number of nitrogen functional groups attached to an aromatic ring is 1. The van der Waals surface area contributed by atoms with Gasteiger partial charge in [0.1, 0.15) is 0 Å². The van der Waals surface area contributed by atoms with Crippen LogP contribution in [-0.4, -0.2) is 32.1 Å². The smallest absolute Gasteiger partial charge is 0.233 e. The molecule has 1 aromatic heterocycles. The normalized spacial score (nSPS) is 20.4. The first-order valence-corrected chi connectivity index (χ1v) is 9.68. The minimum absolute atomic E-state index is 0.0595. The summed E-state index contributed by atoms with van der Waals surface area (Å²) in [4.78, 5) is 12.0. The Morgan fingerprint density at radius 1 is 1.30 bits per heavy atom. The summed E-state index contributed by atoms with van der Waals surface area (Å²) < 4.78 is 1.56. The molecule has 128 valence electrons. The van der Waals surface area contributed by atoms with Crippen LogP contribution in [0.5, 0.6) is 0 Å². The molecule has 0 saturated heterocycles. The van der Waals surface area contributed by atoms with E-state index in [-0.39, 0.29) is 11.2 Å². The second kappa shape index (κ2) is 7.55. The summed E-state index contributed by atoms with van der Waals surface area (Å²) in [6, 6.07) is 0.382. The number of hydrogen-bond acceptors (Lipinski definition) is 5. The molecule has 2 aliphatic carbocycles. The minimum Gasteiger partial charge on any atom is -0.352 e. The molecule has 7 heteroatoms. The first-order valence-electron chi connectivity index (χ1n) is 8.80. The molecule has 1 aromatic rings. The zero-order chi connectivity index (χ0) is 16.2. The number of aryl methyl sites for hydroxylation is 1. The van der Waals surface area contributed by atoms with E-state index in [1.165, 1.54) is 43.9 Å². The average molecular weight is 337 g/mol. The highest BCUT2D eigenvalue weighted by Crippen LogP contribution is 2.28. The van der Waals surface area contributed by atoms with Crippen molar-refractivity contribution >= 4 is 17.7 Å². The molecule has 2 aliphatic rings. The lowest BCUT2D eigenvalue weighted by molar-refractivity contribution is -0.120. The number of thioether (sulfide) groups is 1. The molecule has 2 saturated carbocycles. The van der Waals surface area contributed by atoms with Crippen LogP contribution in [0.25, 0.3) is 0 Å². The third kappa shape index (κ3) is 4.62. The number of aromatic nitrogens is 3. The third-order valence-corrected chi connectivity index (χ3v) is 5.87. The molecule has 0 aliphatic heterocycles. The lowest BCUT2D eigenvalue weighted by Gasteiger charge is -2.20. The standard InChI is InChI=1S/C16H27N5OS/c1-11(15(22)18-13-8-9-13)23-16-20-19-14(21(16)17)10-7-12-5-3-2-4-6-12/h11-13H,2-10,17H2,1H3,(H,18,22)/t11-/m0/s1. The fourth-order valence-electron chi connectivity index (χ4n) is 3.12. The van der Waals surface area contributed by atoms with E-state index in [4.69, 9.17) is 5.84 Å². The van der Waals surface area contributed by atoms with Gasteiger partial charge in [-0.3, -0.25) is 4.79 Å². The Hall–Kier alpha value is -1.24. The highest BCUT2D eigenvalue weighted by molar-refractivity contribution is 8.00. The minimum atomic E-state index is -0.201. The van der Waals surface area contributed by atoms with Crippen molar-refractivity contribution in [3.05, 3.63) is 5.82 Å². The van der Waals surface area contributed by atoms with Crippen molar-refractivity contribution in [1.82, 2.24) is 20.2 Å². The van der Waals surface area contributed by atoms with E-state index >= 15 is 0 Å². The van der Waals surface area contributed by atoms with Gasteiger partial charge in [-0.1, -0.05) is 43.9 Å². The van der Waals surface area contributed by atoms with Gasteiger partial charge in [0.25, 0.3) is 0 Å². The third-order valence-electron chi connectivity index (χ3n) is 4.81. The van der Waals surface area contributed by atoms with E-state index in [2.05, 4.69) is 15.5 Å². The van der Waals surface area contributed by atoms with Crippen LogP contribution in [0.2, 0.25) is 0 Å². The van der Waals surface area contributed by atoms with E-state index < -0.39 is 0 Å². The van der Waals surface area contributed by atoms with Crippen molar-refractivity contribution < 1.29 is 4.79 Å². The van der Waals surface area contributed by atoms with Crippen LogP contribution in [-0.2, 0) is 11.2 Å². The van der Waals surface area contributed by atoms with Crippen LogP contribution >= 0.6 is 11.8 Å². The summed E-state index contributed by atoms with van der Waals surface area (Å²) in [5, 5.41) is 11.8. The molecular weight excluding hydrogens is 310 g/mol. The number of carbonyl (C=O) groups is 1. The van der Waals surface area contributed by atoms with Gasteiger partial charge in [0.2, 0.25) is 11.1 Å². The van der Waals surface area contributed by atoms with Gasteiger partial charge in [-0.25, -0.2) is 4.68 Å². The summed E-state index contributed by atoms with van der Waals surface area (Å²) in [5.41, 5.74) is 0. The quantitative estimate of drug-likeness (QED) is 0.589. The predicted octanol–water partition coefficient (Wildman–Crippen LogP) is 2.26. The van der Waals surface area contributed by atoms with Crippen molar-refractivity contribution in [3.63, 3.8) is 0 Å². The fraction of sp³-hybridized carbons (Fsp3) is 0.812. The maximum atomic E-state index is 12.0. The molecular formula is C16H27N5OS. The van der Waals surface area contributed by atoms with Gasteiger partial charge in [-0.05, 0) is 32.1 Å². The van der Waals surface area contributed by atoms with Crippen molar-refractivity contribution in [3.8, 4) is 0 Å². The van der Waals surface area contributed by atoms with Gasteiger partial charge in [-0.15, -0.1) is 10.2 Å². The lowest BCUT2D eigenvalue weighted by Crippen LogP contribution is -2.32. The molecule has 2 fully saturated rings. The maximum Gasteiger partial charge on any atom is 0.233 e. The lowest BCUT2D eigenvalue weighted by atomic mass is 9.86. The van der Waals surface area contributed by atoms with Crippen molar-refractivity contribution in [2.24, 2.45) is 5.92 Å². The number of hydrogen-bond donors (Lipinski definition) is 2. The van der Waals surface area contributed by atoms with E-state index in [1.807, 2.05) is 6.92 Å². The van der Waals surface area contributed by atoms with Crippen molar-refractivity contribution in [2.45, 2.75) is 81.2 Å². The molecule has 3 N–H and O–H groups in total. The second-order valence-electron chi connectivity index (χ2n) is 6.85. The molecule has 23 heavy (non-hydrogen) atoms. The molecule has 0 aromatic carbocycles. The van der Waals surface area contributed by atoms with Crippen LogP contribution < -0.4 is 11.2 Å². The zero-order valence-corrected chi connectivity index (χ0v) is 14.6. The summed E-state index contributed by atoms with van der Waals surface area (Å²) in [6.07, 6.45) is 11.0. The van der Waals surface area contributed by atoms with Crippen LogP contribution in [0.15, 0.2) is 5.16 Å². The number of nitrogens with two attached hydrogens (primary N) is 1. The first kappa shape index (κ1) is 16.6. The largest absolute Gasteiger partial charge is 0.352 e. The summed E-state index contributed by atoms with van der Waals surface area (Å²) in [6.45, 7) is 1.89. The fourth-order valence-corrected chi connectivity index (χ4v) is 3.92. The molecule has 1 heterocycles. The molecule has 3 rings (SSSR count). The number of rotatable bonds is 7. The summed E-state index contributed by atoms with van der Waals surface area (Å²) in [7, 11) is 0. The number of nitrogens with one attached hydrogen (secondary N) is 1. The van der Waals surface area contributed by atoms with E-state index in [0.717, 1.165) is 37.4 Å². The van der Waals surface area contributed by atoms with Crippen molar-refractivity contribution in [2.75, 3.05) is 5.84 Å². The topological polar surface area (TPSA) is 85.8 Å². The number of carbonyl (C=O) groups excluding carboxylic acids is 1. The predicted molar refractivity (Wildman–Crippen MR) is 91.6 cm³/mol. The Bertz CT molecular complexity index is 537. The van der Waals surface area contributed by atoms with Crippen LogP contribution in [0.4, 0.5) is 0 Å². The van der Waals surface area contributed by atoms with E-state index in [1.54, 1.807) is 4.68 Å². The first-order chi connectivity index (χ1) is 11.1. The molecule has 0 radical (unpaired) electrons. The number of amides is 1. The van der Waals surface area contributed by atoms with Crippen LogP contribution in [0, 0.1) is 5.92 Å². The van der Waals surface area contributed by atoms with Crippen LogP contribution in [0.1, 0.15) is 64.1 Å². The van der Waals surface area contributed by atoms with Gasteiger partial charge in [0, 0.05) is 12.5 Å². The van der Waals surface area contributed by atoms with Gasteiger partial charge in [0.05, 0.1) is 5.25 Å². The Kier molecular flexibility index (Phi) is 5.46. The van der Waals surface area contributed by atoms with Gasteiger partial charge in [0.15, 0.2) is 5.82 Å². The maximum absolute atomic E-state index is 12.0. The van der Waals surface area contributed by atoms with Gasteiger partial charge in [-0.2, -0.15) is 0 Å². The Labute approximate surface area is 142 Å². The average Bonchev–Trinajstić information content (AvgIpc) is 3.31. The monoisotopic (exact) mass is 337 g/mol. The molecule has 6 nitrogen and oxygen atoms in total. The summed E-state index contributed by atoms with van der Waals surface area (Å²) >= 11 is 1.38. The second-order valence-corrected chi connectivity index (χ2v) is 8.16. The van der Waals surface area contributed by atoms with Gasteiger partial charge < -0.3 is 11.2 Å². The molecule has 0 unspecified atom stereocenters. The number of nitrogens with zero attached hydrogens (tertiary/aromatic N) is 3.